The Morgan fingerprint density at radius 3 is 0.985 bits per heavy atom. The molecule has 16 heteroatoms. The van der Waals surface area contributed by atoms with Gasteiger partial charge in [0.15, 0.2) is 0 Å². The monoisotopic (exact) mass is 966 g/mol. The van der Waals surface area contributed by atoms with Crippen LogP contribution in [0.3, 0.4) is 0 Å². The predicted molar refractivity (Wildman–Crippen MR) is 259 cm³/mol. The third kappa shape index (κ3) is 39.3. The van der Waals surface area contributed by atoms with Crippen molar-refractivity contribution >= 4 is 42.0 Å². The van der Waals surface area contributed by atoms with Gasteiger partial charge >= 0.3 is 42.0 Å². The average molecular weight is 966 g/mol. The highest BCUT2D eigenvalue weighted by molar-refractivity contribution is 5.74. The molecule has 16 nitrogen and oxygen atoms in total. The SMILES string of the molecule is CC/C=C\CCCCOC(=O)CCCC(=O)OCC(COC(=O)CCCC(=O)OCCCC/C=C\CC)(COC(=O)CCCC(=O)OCCCC/C=C\CC)COC(=O)OCCCN(CC)CC. The topological polar surface area (TPSA) is 197 Å². The summed E-state index contributed by atoms with van der Waals surface area (Å²) >= 11 is 0. The zero-order chi connectivity index (χ0) is 50.4. The highest BCUT2D eigenvalue weighted by Gasteiger charge is 2.38. The number of rotatable bonds is 44. The summed E-state index contributed by atoms with van der Waals surface area (Å²) in [4.78, 5) is 91.0. The van der Waals surface area contributed by atoms with Crippen molar-refractivity contribution in [2.24, 2.45) is 5.41 Å². The van der Waals surface area contributed by atoms with Crippen LogP contribution in [0.25, 0.3) is 0 Å². The molecule has 0 aromatic carbocycles. The Morgan fingerprint density at radius 1 is 0.353 bits per heavy atom. The second-order valence-electron chi connectivity index (χ2n) is 16.6. The normalized spacial score (nSPS) is 11.6. The third-order valence-electron chi connectivity index (χ3n) is 10.4. The molecule has 0 saturated carbocycles. The molecule has 0 rings (SSSR count). The molecule has 0 fully saturated rings. The Labute approximate surface area is 407 Å². The maximum atomic E-state index is 13.0. The van der Waals surface area contributed by atoms with Gasteiger partial charge in [-0.25, -0.2) is 4.79 Å². The first-order valence-electron chi connectivity index (χ1n) is 25.3. The molecule has 0 saturated heterocycles. The summed E-state index contributed by atoms with van der Waals surface area (Å²) in [5.41, 5.74) is -1.59. The van der Waals surface area contributed by atoms with Gasteiger partial charge < -0.3 is 42.8 Å². The second kappa shape index (κ2) is 44.8. The minimum atomic E-state index is -1.59. The fourth-order valence-corrected chi connectivity index (χ4v) is 6.26. The van der Waals surface area contributed by atoms with E-state index < -0.39 is 73.8 Å². The van der Waals surface area contributed by atoms with Gasteiger partial charge in [0.1, 0.15) is 31.8 Å². The quantitative estimate of drug-likeness (QED) is 0.0242. The molecule has 0 N–H and O–H groups in total. The summed E-state index contributed by atoms with van der Waals surface area (Å²) in [6.07, 6.45) is 22.5. The van der Waals surface area contributed by atoms with E-state index in [2.05, 4.69) is 62.1 Å². The molecular formula is C52H87NO15. The number of nitrogens with zero attached hydrogens (tertiary/aromatic N) is 1. The van der Waals surface area contributed by atoms with Crippen molar-refractivity contribution in [3.8, 4) is 0 Å². The Morgan fingerprint density at radius 2 is 0.662 bits per heavy atom. The smallest absolute Gasteiger partial charge is 0.466 e. The fraction of sp³-hybridized carbons (Fsp3) is 0.750. The standard InChI is InChI=1S/C52H87NO15/c1-6-11-14-17-20-23-37-61-45(54)30-26-33-48(57)65-41-52(44-68-51(60)64-40-29-36-53(9-4)10-5,42-66-49(58)34-27-31-46(55)62-38-24-21-18-15-12-7-2)43-67-50(59)35-28-32-47(56)63-39-25-22-19-16-13-8-3/h11-16H,6-10,17-44H2,1-5H3/b14-11-,15-12-,16-13-. The van der Waals surface area contributed by atoms with Gasteiger partial charge in [-0.15, -0.1) is 0 Å². The van der Waals surface area contributed by atoms with Gasteiger partial charge in [-0.3, -0.25) is 28.8 Å². The van der Waals surface area contributed by atoms with E-state index in [1.807, 2.05) is 13.8 Å². The van der Waals surface area contributed by atoms with E-state index in [0.717, 1.165) is 90.1 Å². The van der Waals surface area contributed by atoms with Crippen molar-refractivity contribution in [1.29, 1.82) is 0 Å². The lowest BCUT2D eigenvalue weighted by Gasteiger charge is -2.31. The molecule has 0 aliphatic heterocycles. The lowest BCUT2D eigenvalue weighted by Crippen LogP contribution is -2.44. The summed E-state index contributed by atoms with van der Waals surface area (Å²) in [6, 6.07) is 0. The van der Waals surface area contributed by atoms with Gasteiger partial charge in [0.2, 0.25) is 0 Å². The Bertz CT molecular complexity index is 1310. The van der Waals surface area contributed by atoms with Crippen LogP contribution in [0.4, 0.5) is 4.79 Å². The number of hydrogen-bond donors (Lipinski definition) is 0. The molecule has 0 aliphatic rings. The van der Waals surface area contributed by atoms with Crippen LogP contribution >= 0.6 is 0 Å². The summed E-state index contributed by atoms with van der Waals surface area (Å²) in [5, 5.41) is 0. The van der Waals surface area contributed by atoms with Crippen molar-refractivity contribution in [3.63, 3.8) is 0 Å². The largest absolute Gasteiger partial charge is 0.508 e. The molecule has 0 aliphatic carbocycles. The minimum Gasteiger partial charge on any atom is -0.466 e. The predicted octanol–water partition coefficient (Wildman–Crippen LogP) is 10.0. The van der Waals surface area contributed by atoms with Gasteiger partial charge in [-0.1, -0.05) is 71.1 Å². The van der Waals surface area contributed by atoms with Crippen molar-refractivity contribution in [3.05, 3.63) is 36.5 Å². The summed E-state index contributed by atoms with van der Waals surface area (Å²) in [6.45, 7) is 11.5. The molecule has 0 radical (unpaired) electrons. The van der Waals surface area contributed by atoms with Crippen LogP contribution < -0.4 is 0 Å². The van der Waals surface area contributed by atoms with E-state index >= 15 is 0 Å². The fourth-order valence-electron chi connectivity index (χ4n) is 6.26. The maximum absolute atomic E-state index is 13.0. The summed E-state index contributed by atoms with van der Waals surface area (Å²) < 4.78 is 43.5. The number of hydrogen-bond acceptors (Lipinski definition) is 16. The molecule has 0 bridgehead atoms. The van der Waals surface area contributed by atoms with E-state index in [1.165, 1.54) is 0 Å². The molecule has 0 aromatic rings. The van der Waals surface area contributed by atoms with E-state index in [1.54, 1.807) is 0 Å². The lowest BCUT2D eigenvalue weighted by atomic mass is 9.92. The highest BCUT2D eigenvalue weighted by Crippen LogP contribution is 2.23. The molecule has 0 atom stereocenters. The van der Waals surface area contributed by atoms with Gasteiger partial charge in [-0.2, -0.15) is 0 Å². The number of unbranched alkanes of at least 4 members (excludes halogenated alkanes) is 6. The zero-order valence-corrected chi connectivity index (χ0v) is 42.4. The molecule has 0 heterocycles. The number of ether oxygens (including phenoxy) is 8. The van der Waals surface area contributed by atoms with Crippen LogP contribution in [0.1, 0.15) is 176 Å². The first kappa shape index (κ1) is 63.3. The van der Waals surface area contributed by atoms with E-state index in [-0.39, 0.29) is 84.2 Å². The molecule has 0 unspecified atom stereocenters. The maximum Gasteiger partial charge on any atom is 0.508 e. The van der Waals surface area contributed by atoms with Crippen LogP contribution in [0.5, 0.6) is 0 Å². The number of carbonyl (C=O) groups is 7. The van der Waals surface area contributed by atoms with Gasteiger partial charge in [-0.05, 0) is 116 Å². The first-order valence-corrected chi connectivity index (χ1v) is 25.3. The van der Waals surface area contributed by atoms with Gasteiger partial charge in [0.05, 0.1) is 26.4 Å². The number of esters is 6. The first-order chi connectivity index (χ1) is 32.9. The lowest BCUT2D eigenvalue weighted by molar-refractivity contribution is -0.166. The molecular weight excluding hydrogens is 879 g/mol. The van der Waals surface area contributed by atoms with Gasteiger partial charge in [0.25, 0.3) is 0 Å². The summed E-state index contributed by atoms with van der Waals surface area (Å²) in [7, 11) is 0. The average Bonchev–Trinajstić information content (AvgIpc) is 3.32. The molecule has 0 amide bonds. The zero-order valence-electron chi connectivity index (χ0n) is 42.4. The van der Waals surface area contributed by atoms with E-state index in [0.29, 0.717) is 13.0 Å². The second-order valence-corrected chi connectivity index (χ2v) is 16.6. The van der Waals surface area contributed by atoms with Crippen LogP contribution in [0, 0.1) is 5.41 Å². The Hall–Kier alpha value is -4.73. The number of carbonyl (C=O) groups excluding carboxylic acids is 7. The Balaban J connectivity index is 5.75. The summed E-state index contributed by atoms with van der Waals surface area (Å²) in [5.74, 6) is -3.42. The van der Waals surface area contributed by atoms with Crippen LogP contribution in [0.2, 0.25) is 0 Å². The van der Waals surface area contributed by atoms with Crippen LogP contribution in [-0.2, 0) is 66.7 Å². The molecule has 390 valence electrons. The molecule has 68 heavy (non-hydrogen) atoms. The van der Waals surface area contributed by atoms with E-state index in [9.17, 15) is 33.6 Å². The van der Waals surface area contributed by atoms with Crippen molar-refractivity contribution in [1.82, 2.24) is 4.90 Å². The highest BCUT2D eigenvalue weighted by atomic mass is 16.7. The van der Waals surface area contributed by atoms with Gasteiger partial charge in [0, 0.05) is 45.1 Å². The van der Waals surface area contributed by atoms with Crippen molar-refractivity contribution in [2.45, 2.75) is 176 Å². The van der Waals surface area contributed by atoms with Crippen LogP contribution in [0.15, 0.2) is 36.5 Å². The third-order valence-corrected chi connectivity index (χ3v) is 10.4. The Kier molecular flexibility index (Phi) is 41.6. The van der Waals surface area contributed by atoms with Crippen LogP contribution in [-0.4, -0.2) is 119 Å². The molecule has 0 spiro atoms. The van der Waals surface area contributed by atoms with Crippen molar-refractivity contribution in [2.75, 3.05) is 72.5 Å². The molecule has 0 aromatic heterocycles. The van der Waals surface area contributed by atoms with E-state index in [4.69, 9.17) is 37.9 Å². The van der Waals surface area contributed by atoms with Crippen molar-refractivity contribution < 1.29 is 71.5 Å². The number of allylic oxidation sites excluding steroid dienone is 6. The minimum absolute atomic E-state index is 0.0111.